The van der Waals surface area contributed by atoms with E-state index in [0.29, 0.717) is 17.1 Å². The Morgan fingerprint density at radius 1 is 1.52 bits per heavy atom. The van der Waals surface area contributed by atoms with E-state index in [9.17, 15) is 9.90 Å². The number of rotatable bonds is 5. The van der Waals surface area contributed by atoms with Gasteiger partial charge in [0.2, 0.25) is 0 Å². The van der Waals surface area contributed by atoms with Crippen LogP contribution in [0.4, 0.5) is 5.69 Å². The molecule has 0 spiro atoms. The molecule has 1 aliphatic rings. The number of benzene rings is 1. The summed E-state index contributed by atoms with van der Waals surface area (Å²) in [5.41, 5.74) is 1.45. The highest BCUT2D eigenvalue weighted by Gasteiger charge is 2.25. The minimum atomic E-state index is -0.00532. The standard InChI is InChI=1S/C16H23ClN2O2/c1-2-7-18-15-6-5-13(17)9-14(15)16(21)19-8-3-4-12(10-19)11-20/h5-6,9,12,18,20H,2-4,7-8,10-11H2,1H3. The predicted molar refractivity (Wildman–Crippen MR) is 85.9 cm³/mol. The van der Waals surface area contributed by atoms with E-state index in [2.05, 4.69) is 12.2 Å². The van der Waals surface area contributed by atoms with Crippen molar-refractivity contribution in [2.24, 2.45) is 5.92 Å². The maximum atomic E-state index is 12.7. The van der Waals surface area contributed by atoms with Crippen molar-refractivity contribution >= 4 is 23.2 Å². The number of carbonyl (C=O) groups is 1. The topological polar surface area (TPSA) is 52.6 Å². The molecule has 2 rings (SSSR count). The molecule has 1 unspecified atom stereocenters. The number of piperidine rings is 1. The van der Waals surface area contributed by atoms with Crippen molar-refractivity contribution in [2.45, 2.75) is 26.2 Å². The van der Waals surface area contributed by atoms with Crippen molar-refractivity contribution in [3.63, 3.8) is 0 Å². The third kappa shape index (κ3) is 4.11. The second-order valence-electron chi connectivity index (χ2n) is 5.56. The van der Waals surface area contributed by atoms with Crippen LogP contribution in [0.2, 0.25) is 5.02 Å². The Bertz CT molecular complexity index is 493. The average Bonchev–Trinajstić information content (AvgIpc) is 2.53. The Hall–Kier alpha value is -1.26. The van der Waals surface area contributed by atoms with E-state index in [-0.39, 0.29) is 18.4 Å². The molecule has 1 fully saturated rings. The van der Waals surface area contributed by atoms with E-state index in [1.54, 1.807) is 12.1 Å². The van der Waals surface area contributed by atoms with Gasteiger partial charge in [0.25, 0.3) is 5.91 Å². The van der Waals surface area contributed by atoms with E-state index < -0.39 is 0 Å². The zero-order valence-electron chi connectivity index (χ0n) is 12.4. The van der Waals surface area contributed by atoms with Gasteiger partial charge in [0.1, 0.15) is 0 Å². The fourth-order valence-corrected chi connectivity index (χ4v) is 2.85. The first kappa shape index (κ1) is 16.1. The molecule has 0 aliphatic carbocycles. The molecule has 1 aromatic rings. The molecule has 0 aromatic heterocycles. The van der Waals surface area contributed by atoms with Crippen LogP contribution in [0.5, 0.6) is 0 Å². The number of likely N-dealkylation sites (tertiary alicyclic amines) is 1. The largest absolute Gasteiger partial charge is 0.396 e. The van der Waals surface area contributed by atoms with E-state index in [4.69, 9.17) is 11.6 Å². The Balaban J connectivity index is 2.18. The predicted octanol–water partition coefficient (Wildman–Crippen LogP) is 3.01. The van der Waals surface area contributed by atoms with Crippen LogP contribution >= 0.6 is 11.6 Å². The van der Waals surface area contributed by atoms with Crippen molar-refractivity contribution in [1.82, 2.24) is 4.90 Å². The summed E-state index contributed by atoms with van der Waals surface area (Å²) in [6.07, 6.45) is 2.92. The lowest BCUT2D eigenvalue weighted by molar-refractivity contribution is 0.0621. The number of carbonyl (C=O) groups excluding carboxylic acids is 1. The number of nitrogens with zero attached hydrogens (tertiary/aromatic N) is 1. The number of hydrogen-bond donors (Lipinski definition) is 2. The molecule has 1 amide bonds. The summed E-state index contributed by atoms with van der Waals surface area (Å²) in [6, 6.07) is 5.38. The maximum absolute atomic E-state index is 12.7. The minimum Gasteiger partial charge on any atom is -0.396 e. The van der Waals surface area contributed by atoms with Crippen molar-refractivity contribution < 1.29 is 9.90 Å². The summed E-state index contributed by atoms with van der Waals surface area (Å²) >= 11 is 6.05. The van der Waals surface area contributed by atoms with E-state index in [0.717, 1.165) is 38.0 Å². The lowest BCUT2D eigenvalue weighted by Crippen LogP contribution is -2.41. The van der Waals surface area contributed by atoms with Gasteiger partial charge < -0.3 is 15.3 Å². The summed E-state index contributed by atoms with van der Waals surface area (Å²) in [5.74, 6) is 0.184. The molecule has 21 heavy (non-hydrogen) atoms. The smallest absolute Gasteiger partial charge is 0.256 e. The minimum absolute atomic E-state index is 0.00532. The third-order valence-corrected chi connectivity index (χ3v) is 4.08. The maximum Gasteiger partial charge on any atom is 0.256 e. The van der Waals surface area contributed by atoms with Gasteiger partial charge in [0, 0.05) is 37.0 Å². The summed E-state index contributed by atoms with van der Waals surface area (Å²) in [5, 5.41) is 13.2. The van der Waals surface area contributed by atoms with Gasteiger partial charge in [-0.2, -0.15) is 0 Å². The summed E-state index contributed by atoms with van der Waals surface area (Å²) in [7, 11) is 0. The summed E-state index contributed by atoms with van der Waals surface area (Å²) < 4.78 is 0. The normalized spacial score (nSPS) is 18.6. The van der Waals surface area contributed by atoms with Crippen molar-refractivity contribution in [1.29, 1.82) is 0 Å². The molecule has 1 saturated heterocycles. The van der Waals surface area contributed by atoms with E-state index >= 15 is 0 Å². The first-order chi connectivity index (χ1) is 10.2. The molecule has 2 N–H and O–H groups in total. The number of aliphatic hydroxyl groups is 1. The number of anilines is 1. The van der Waals surface area contributed by atoms with Gasteiger partial charge in [0.05, 0.1) is 5.56 Å². The average molecular weight is 311 g/mol. The van der Waals surface area contributed by atoms with Crippen LogP contribution in [-0.4, -0.2) is 42.2 Å². The van der Waals surface area contributed by atoms with Gasteiger partial charge in [-0.05, 0) is 43.4 Å². The molecule has 4 nitrogen and oxygen atoms in total. The van der Waals surface area contributed by atoms with E-state index in [1.165, 1.54) is 0 Å². The second-order valence-corrected chi connectivity index (χ2v) is 6.00. The Kier molecular flexibility index (Phi) is 5.88. The van der Waals surface area contributed by atoms with Gasteiger partial charge in [-0.3, -0.25) is 4.79 Å². The zero-order chi connectivity index (χ0) is 15.2. The number of halogens is 1. The van der Waals surface area contributed by atoms with E-state index in [1.807, 2.05) is 11.0 Å². The van der Waals surface area contributed by atoms with Gasteiger partial charge in [-0.25, -0.2) is 0 Å². The van der Waals surface area contributed by atoms with Crippen molar-refractivity contribution in [3.8, 4) is 0 Å². The molecule has 0 saturated carbocycles. The molecule has 1 atom stereocenters. The van der Waals surface area contributed by atoms with Crippen molar-refractivity contribution in [3.05, 3.63) is 28.8 Å². The first-order valence-corrected chi connectivity index (χ1v) is 7.97. The lowest BCUT2D eigenvalue weighted by Gasteiger charge is -2.32. The lowest BCUT2D eigenvalue weighted by atomic mass is 9.98. The Morgan fingerprint density at radius 2 is 2.33 bits per heavy atom. The number of hydrogen-bond acceptors (Lipinski definition) is 3. The molecule has 1 heterocycles. The molecular formula is C16H23ClN2O2. The van der Waals surface area contributed by atoms with Crippen LogP contribution < -0.4 is 5.32 Å². The van der Waals surface area contributed by atoms with Gasteiger partial charge in [-0.1, -0.05) is 18.5 Å². The van der Waals surface area contributed by atoms with Crippen LogP contribution in [0.15, 0.2) is 18.2 Å². The molecule has 5 heteroatoms. The zero-order valence-corrected chi connectivity index (χ0v) is 13.2. The highest BCUT2D eigenvalue weighted by Crippen LogP contribution is 2.25. The van der Waals surface area contributed by atoms with Crippen LogP contribution in [0, 0.1) is 5.92 Å². The molecular weight excluding hydrogens is 288 g/mol. The van der Waals surface area contributed by atoms with Crippen LogP contribution in [0.1, 0.15) is 36.5 Å². The fourth-order valence-electron chi connectivity index (χ4n) is 2.68. The second kappa shape index (κ2) is 7.66. The van der Waals surface area contributed by atoms with Crippen LogP contribution in [0.25, 0.3) is 0 Å². The van der Waals surface area contributed by atoms with Crippen LogP contribution in [-0.2, 0) is 0 Å². The highest BCUT2D eigenvalue weighted by molar-refractivity contribution is 6.31. The number of nitrogens with one attached hydrogen (secondary N) is 1. The molecule has 116 valence electrons. The van der Waals surface area contributed by atoms with Gasteiger partial charge in [-0.15, -0.1) is 0 Å². The van der Waals surface area contributed by atoms with Gasteiger partial charge in [0.15, 0.2) is 0 Å². The quantitative estimate of drug-likeness (QED) is 0.879. The fraction of sp³-hybridized carbons (Fsp3) is 0.562. The monoisotopic (exact) mass is 310 g/mol. The SMILES string of the molecule is CCCNc1ccc(Cl)cc1C(=O)N1CCCC(CO)C1. The van der Waals surface area contributed by atoms with Crippen LogP contribution in [0.3, 0.4) is 0 Å². The summed E-state index contributed by atoms with van der Waals surface area (Å²) in [4.78, 5) is 14.6. The van der Waals surface area contributed by atoms with Crippen molar-refractivity contribution in [2.75, 3.05) is 31.6 Å². The highest BCUT2D eigenvalue weighted by atomic mass is 35.5. The molecule has 0 radical (unpaired) electrons. The van der Waals surface area contributed by atoms with Gasteiger partial charge >= 0.3 is 0 Å². The summed E-state index contributed by atoms with van der Waals surface area (Å²) in [6.45, 7) is 4.41. The molecule has 1 aliphatic heterocycles. The Morgan fingerprint density at radius 3 is 3.05 bits per heavy atom. The molecule has 1 aromatic carbocycles. The third-order valence-electron chi connectivity index (χ3n) is 3.84. The number of aliphatic hydroxyl groups excluding tert-OH is 1. The Labute approximate surface area is 131 Å². The molecule has 0 bridgehead atoms. The number of amides is 1. The first-order valence-electron chi connectivity index (χ1n) is 7.59.